The zero-order valence-corrected chi connectivity index (χ0v) is 11.7. The fourth-order valence-corrected chi connectivity index (χ4v) is 3.08. The number of nitrogens with zero attached hydrogens (tertiary/aromatic N) is 3. The highest BCUT2D eigenvalue weighted by Crippen LogP contribution is 2.20. The Kier molecular flexibility index (Phi) is 4.29. The summed E-state index contributed by atoms with van der Waals surface area (Å²) in [6.45, 7) is 2.31. The van der Waals surface area contributed by atoms with Gasteiger partial charge in [0.2, 0.25) is 0 Å². The lowest BCUT2D eigenvalue weighted by Gasteiger charge is -2.31. The fraction of sp³-hybridized carbons (Fsp3) is 0.846. The molecule has 0 aliphatic carbocycles. The molecule has 0 aromatic carbocycles. The number of hydrogen-bond acceptors (Lipinski definition) is 3. The van der Waals surface area contributed by atoms with Gasteiger partial charge in [0, 0.05) is 26.2 Å². The summed E-state index contributed by atoms with van der Waals surface area (Å²) in [5.41, 5.74) is 0. The average Bonchev–Trinajstić information content (AvgIpc) is 2.98. The normalized spacial score (nSPS) is 27.8. The molecule has 19 heavy (non-hydrogen) atoms. The first kappa shape index (κ1) is 14.1. The quantitative estimate of drug-likeness (QED) is 0.818. The number of likely N-dealkylation sites (N-methyl/N-ethyl adjacent to an activating group) is 2. The minimum absolute atomic E-state index is 0.148. The second kappa shape index (κ2) is 5.77. The molecule has 1 N–H and O–H groups in total. The maximum absolute atomic E-state index is 12.3. The van der Waals surface area contributed by atoms with Gasteiger partial charge in [-0.2, -0.15) is 0 Å². The molecule has 2 unspecified atom stereocenters. The van der Waals surface area contributed by atoms with Crippen LogP contribution in [0.2, 0.25) is 0 Å². The molecule has 6 nitrogen and oxygen atoms in total. The Morgan fingerprint density at radius 2 is 1.95 bits per heavy atom. The van der Waals surface area contributed by atoms with Crippen LogP contribution in [0.1, 0.15) is 25.7 Å². The van der Waals surface area contributed by atoms with E-state index in [9.17, 15) is 9.59 Å². The van der Waals surface area contributed by atoms with E-state index in [4.69, 9.17) is 5.11 Å². The predicted molar refractivity (Wildman–Crippen MR) is 71.0 cm³/mol. The molecule has 2 amide bonds. The van der Waals surface area contributed by atoms with E-state index < -0.39 is 12.0 Å². The Bertz CT molecular complexity index is 361. The van der Waals surface area contributed by atoms with Gasteiger partial charge in [-0.3, -0.25) is 0 Å². The van der Waals surface area contributed by atoms with Gasteiger partial charge >= 0.3 is 12.0 Å². The van der Waals surface area contributed by atoms with Crippen molar-refractivity contribution in [3.63, 3.8) is 0 Å². The van der Waals surface area contributed by atoms with E-state index in [-0.39, 0.29) is 6.03 Å². The number of rotatable bonds is 3. The maximum Gasteiger partial charge on any atom is 0.326 e. The molecular formula is C13H23N3O3. The molecule has 2 fully saturated rings. The first-order valence-corrected chi connectivity index (χ1v) is 6.95. The lowest BCUT2D eigenvalue weighted by Crippen LogP contribution is -2.49. The highest BCUT2D eigenvalue weighted by atomic mass is 16.4. The molecule has 2 saturated heterocycles. The Morgan fingerprint density at radius 1 is 1.26 bits per heavy atom. The fourth-order valence-electron chi connectivity index (χ4n) is 3.08. The molecule has 108 valence electrons. The second-order valence-corrected chi connectivity index (χ2v) is 5.63. The first-order valence-electron chi connectivity index (χ1n) is 6.95. The van der Waals surface area contributed by atoms with Crippen LogP contribution in [0.25, 0.3) is 0 Å². The van der Waals surface area contributed by atoms with Gasteiger partial charge in [0.1, 0.15) is 6.04 Å². The molecule has 2 rings (SSSR count). The van der Waals surface area contributed by atoms with E-state index in [0.29, 0.717) is 25.6 Å². The Labute approximate surface area is 114 Å². The highest BCUT2D eigenvalue weighted by molar-refractivity contribution is 5.83. The number of carboxylic acid groups (broad SMARTS) is 1. The Hall–Kier alpha value is -1.30. The number of likely N-dealkylation sites (tertiary alicyclic amines) is 2. The molecule has 0 radical (unpaired) electrons. The van der Waals surface area contributed by atoms with Crippen LogP contribution in [0.5, 0.6) is 0 Å². The van der Waals surface area contributed by atoms with Crippen LogP contribution in [0.15, 0.2) is 0 Å². The van der Waals surface area contributed by atoms with Gasteiger partial charge in [0.15, 0.2) is 0 Å². The van der Waals surface area contributed by atoms with Crippen LogP contribution in [0.4, 0.5) is 4.79 Å². The number of carbonyl (C=O) groups excluding carboxylic acids is 1. The molecule has 0 spiro atoms. The topological polar surface area (TPSA) is 64.1 Å². The third kappa shape index (κ3) is 3.00. The second-order valence-electron chi connectivity index (χ2n) is 5.63. The first-order chi connectivity index (χ1) is 9.00. The number of carbonyl (C=O) groups is 2. The van der Waals surface area contributed by atoms with Crippen molar-refractivity contribution in [2.45, 2.75) is 37.8 Å². The average molecular weight is 269 g/mol. The lowest BCUT2D eigenvalue weighted by molar-refractivity contribution is -0.141. The maximum atomic E-state index is 12.3. The van der Waals surface area contributed by atoms with Crippen LogP contribution in [0.3, 0.4) is 0 Å². The standard InChI is InChI=1S/C13H23N3O3/c1-14-7-3-5-10(14)9-15(2)13(19)16-8-4-6-11(16)12(17)18/h10-11H,3-9H2,1-2H3,(H,17,18). The van der Waals surface area contributed by atoms with Gasteiger partial charge in [0.05, 0.1) is 0 Å². The summed E-state index contributed by atoms with van der Waals surface area (Å²) in [6.07, 6.45) is 3.62. The summed E-state index contributed by atoms with van der Waals surface area (Å²) < 4.78 is 0. The molecule has 0 bridgehead atoms. The molecule has 6 heteroatoms. The van der Waals surface area contributed by atoms with Crippen molar-refractivity contribution in [1.82, 2.24) is 14.7 Å². The Morgan fingerprint density at radius 3 is 2.53 bits per heavy atom. The number of urea groups is 1. The third-order valence-electron chi connectivity index (χ3n) is 4.27. The van der Waals surface area contributed by atoms with Gasteiger partial charge < -0.3 is 19.8 Å². The van der Waals surface area contributed by atoms with E-state index in [0.717, 1.165) is 19.4 Å². The number of amides is 2. The number of aliphatic carboxylic acids is 1. The molecule has 2 atom stereocenters. The third-order valence-corrected chi connectivity index (χ3v) is 4.27. The van der Waals surface area contributed by atoms with Crippen LogP contribution < -0.4 is 0 Å². The zero-order valence-electron chi connectivity index (χ0n) is 11.7. The van der Waals surface area contributed by atoms with Gasteiger partial charge in [-0.25, -0.2) is 9.59 Å². The van der Waals surface area contributed by atoms with Gasteiger partial charge in [0.25, 0.3) is 0 Å². The van der Waals surface area contributed by atoms with E-state index in [2.05, 4.69) is 11.9 Å². The van der Waals surface area contributed by atoms with Crippen LogP contribution >= 0.6 is 0 Å². The zero-order chi connectivity index (χ0) is 14.0. The van der Waals surface area contributed by atoms with Crippen molar-refractivity contribution in [3.05, 3.63) is 0 Å². The number of hydrogen-bond donors (Lipinski definition) is 1. The summed E-state index contributed by atoms with van der Waals surface area (Å²) in [6, 6.07) is -0.388. The van der Waals surface area contributed by atoms with Gasteiger partial charge in [-0.1, -0.05) is 0 Å². The smallest absolute Gasteiger partial charge is 0.326 e. The van der Waals surface area contributed by atoms with Gasteiger partial charge in [-0.15, -0.1) is 0 Å². The molecule has 0 aromatic heterocycles. The molecule has 2 aliphatic heterocycles. The number of carboxylic acids is 1. The highest BCUT2D eigenvalue weighted by Gasteiger charge is 2.36. The van der Waals surface area contributed by atoms with Crippen LogP contribution in [-0.2, 0) is 4.79 Å². The van der Waals surface area contributed by atoms with Gasteiger partial charge in [-0.05, 0) is 39.3 Å². The van der Waals surface area contributed by atoms with Crippen molar-refractivity contribution in [2.24, 2.45) is 0 Å². The Balaban J connectivity index is 1.93. The van der Waals surface area contributed by atoms with E-state index in [1.54, 1.807) is 11.9 Å². The van der Waals surface area contributed by atoms with Crippen molar-refractivity contribution in [3.8, 4) is 0 Å². The summed E-state index contributed by atoms with van der Waals surface area (Å²) >= 11 is 0. The summed E-state index contributed by atoms with van der Waals surface area (Å²) in [5.74, 6) is -0.891. The van der Waals surface area contributed by atoms with E-state index in [1.165, 1.54) is 11.3 Å². The van der Waals surface area contributed by atoms with Crippen LogP contribution in [-0.4, -0.2) is 77.6 Å². The molecule has 2 heterocycles. The minimum Gasteiger partial charge on any atom is -0.480 e. The van der Waals surface area contributed by atoms with E-state index >= 15 is 0 Å². The van der Waals surface area contributed by atoms with Crippen molar-refractivity contribution >= 4 is 12.0 Å². The predicted octanol–water partition coefficient (Wildman–Crippen LogP) is 0.681. The van der Waals surface area contributed by atoms with Crippen LogP contribution in [0, 0.1) is 0 Å². The van der Waals surface area contributed by atoms with Crippen molar-refractivity contribution in [1.29, 1.82) is 0 Å². The lowest BCUT2D eigenvalue weighted by atomic mass is 10.2. The summed E-state index contributed by atoms with van der Waals surface area (Å²) in [4.78, 5) is 28.9. The molecular weight excluding hydrogens is 246 g/mol. The minimum atomic E-state index is -0.891. The van der Waals surface area contributed by atoms with E-state index in [1.807, 2.05) is 0 Å². The van der Waals surface area contributed by atoms with Crippen molar-refractivity contribution in [2.75, 3.05) is 33.7 Å². The molecule has 0 saturated carbocycles. The largest absolute Gasteiger partial charge is 0.480 e. The molecule has 0 aromatic rings. The SMILES string of the molecule is CN(CC1CCCN1C)C(=O)N1CCCC1C(=O)O. The van der Waals surface area contributed by atoms with Crippen molar-refractivity contribution < 1.29 is 14.7 Å². The monoisotopic (exact) mass is 269 g/mol. The molecule has 2 aliphatic rings. The summed E-state index contributed by atoms with van der Waals surface area (Å²) in [5, 5.41) is 9.12. The summed E-state index contributed by atoms with van der Waals surface area (Å²) in [7, 11) is 3.84.